The van der Waals surface area contributed by atoms with Gasteiger partial charge in [-0.15, -0.1) is 0 Å². The lowest BCUT2D eigenvalue weighted by Crippen LogP contribution is -2.34. The van der Waals surface area contributed by atoms with Gasteiger partial charge in [-0.2, -0.15) is 5.10 Å². The third-order valence-electron chi connectivity index (χ3n) is 4.07. The van der Waals surface area contributed by atoms with Crippen molar-refractivity contribution in [1.29, 1.82) is 0 Å². The number of aliphatic hydroxyl groups is 1. The van der Waals surface area contributed by atoms with Crippen LogP contribution < -0.4 is 5.32 Å². The Labute approximate surface area is 135 Å². The van der Waals surface area contributed by atoms with Crippen molar-refractivity contribution >= 4 is 5.91 Å². The summed E-state index contributed by atoms with van der Waals surface area (Å²) in [4.78, 5) is 12.2. The fourth-order valence-corrected chi connectivity index (χ4v) is 2.75. The minimum atomic E-state index is -0.497. The average molecular weight is 315 g/mol. The molecule has 1 amide bonds. The molecule has 122 valence electrons. The first kappa shape index (κ1) is 15.7. The molecule has 23 heavy (non-hydrogen) atoms. The summed E-state index contributed by atoms with van der Waals surface area (Å²) < 4.78 is 7.02. The predicted molar refractivity (Wildman–Crippen MR) is 85.7 cm³/mol. The lowest BCUT2D eigenvalue weighted by molar-refractivity contribution is 0.0925. The molecule has 0 radical (unpaired) electrons. The number of nitrogens with one attached hydrogen (secondary N) is 1. The minimum Gasteiger partial charge on any atom is -0.390 e. The molecule has 0 bridgehead atoms. The van der Waals surface area contributed by atoms with E-state index in [1.54, 1.807) is 12.1 Å². The van der Waals surface area contributed by atoms with Crippen LogP contribution >= 0.6 is 0 Å². The van der Waals surface area contributed by atoms with E-state index in [0.717, 1.165) is 17.1 Å². The van der Waals surface area contributed by atoms with E-state index in [0.29, 0.717) is 25.3 Å². The Balaban J connectivity index is 1.64. The summed E-state index contributed by atoms with van der Waals surface area (Å²) in [7, 11) is 0. The first-order valence-electron chi connectivity index (χ1n) is 7.72. The van der Waals surface area contributed by atoms with Crippen LogP contribution in [0.4, 0.5) is 0 Å². The highest BCUT2D eigenvalue weighted by molar-refractivity contribution is 5.94. The highest BCUT2D eigenvalue weighted by atomic mass is 16.5. The van der Waals surface area contributed by atoms with Crippen molar-refractivity contribution < 1.29 is 14.6 Å². The average Bonchev–Trinajstić information content (AvgIpc) is 3.10. The number of carbonyl (C=O) groups is 1. The van der Waals surface area contributed by atoms with Gasteiger partial charge < -0.3 is 15.2 Å². The van der Waals surface area contributed by atoms with E-state index < -0.39 is 6.10 Å². The van der Waals surface area contributed by atoms with E-state index in [2.05, 4.69) is 10.4 Å². The highest BCUT2D eigenvalue weighted by Gasteiger charge is 2.26. The molecule has 6 heteroatoms. The van der Waals surface area contributed by atoms with Crippen LogP contribution in [0.15, 0.2) is 30.3 Å². The lowest BCUT2D eigenvalue weighted by Gasteiger charge is -2.13. The van der Waals surface area contributed by atoms with Gasteiger partial charge in [-0.25, -0.2) is 4.68 Å². The lowest BCUT2D eigenvalue weighted by atomic mass is 10.1. The molecule has 1 saturated heterocycles. The molecule has 1 aliphatic rings. The predicted octanol–water partition coefficient (Wildman–Crippen LogP) is 1.23. The molecule has 2 aromatic rings. The van der Waals surface area contributed by atoms with Crippen LogP contribution in [0.5, 0.6) is 0 Å². The molecule has 0 saturated carbocycles. The zero-order valence-corrected chi connectivity index (χ0v) is 13.3. The van der Waals surface area contributed by atoms with Crippen LogP contribution in [0.2, 0.25) is 0 Å². The molecule has 0 spiro atoms. The van der Waals surface area contributed by atoms with Gasteiger partial charge in [-0.1, -0.05) is 0 Å². The van der Waals surface area contributed by atoms with Crippen molar-refractivity contribution in [2.45, 2.75) is 20.0 Å². The number of aliphatic hydroxyl groups excluding tert-OH is 1. The number of hydrogen-bond acceptors (Lipinski definition) is 4. The van der Waals surface area contributed by atoms with Crippen LogP contribution in [0.1, 0.15) is 21.7 Å². The van der Waals surface area contributed by atoms with Crippen LogP contribution in [-0.4, -0.2) is 46.7 Å². The van der Waals surface area contributed by atoms with Crippen molar-refractivity contribution in [2.75, 3.05) is 19.8 Å². The number of rotatable bonds is 4. The van der Waals surface area contributed by atoms with Gasteiger partial charge in [0.15, 0.2) is 0 Å². The van der Waals surface area contributed by atoms with E-state index in [1.165, 1.54) is 0 Å². The maximum Gasteiger partial charge on any atom is 0.251 e. The Morgan fingerprint density at radius 1 is 1.35 bits per heavy atom. The first-order valence-corrected chi connectivity index (χ1v) is 7.72. The van der Waals surface area contributed by atoms with Crippen molar-refractivity contribution in [1.82, 2.24) is 15.1 Å². The SMILES string of the molecule is Cc1cc(C)n(-c2ccc(C(=O)NC[C@@H]3COC[C@@H]3O)cc2)n1. The minimum absolute atomic E-state index is 0.0343. The summed E-state index contributed by atoms with van der Waals surface area (Å²) in [6.45, 7) is 5.19. The van der Waals surface area contributed by atoms with Crippen LogP contribution in [0, 0.1) is 19.8 Å². The quantitative estimate of drug-likeness (QED) is 0.889. The van der Waals surface area contributed by atoms with E-state index in [-0.39, 0.29) is 11.8 Å². The van der Waals surface area contributed by atoms with Crippen molar-refractivity contribution in [3.63, 3.8) is 0 Å². The van der Waals surface area contributed by atoms with Crippen LogP contribution in [0.3, 0.4) is 0 Å². The second-order valence-electron chi connectivity index (χ2n) is 5.96. The Morgan fingerprint density at radius 2 is 2.09 bits per heavy atom. The summed E-state index contributed by atoms with van der Waals surface area (Å²) in [5.41, 5.74) is 3.52. The first-order chi connectivity index (χ1) is 11.0. The molecule has 2 N–H and O–H groups in total. The van der Waals surface area contributed by atoms with E-state index in [9.17, 15) is 9.90 Å². The molecule has 2 heterocycles. The summed E-state index contributed by atoms with van der Waals surface area (Å²) in [6.07, 6.45) is -0.497. The summed E-state index contributed by atoms with van der Waals surface area (Å²) >= 11 is 0. The zero-order chi connectivity index (χ0) is 16.4. The zero-order valence-electron chi connectivity index (χ0n) is 13.3. The van der Waals surface area contributed by atoms with Crippen LogP contribution in [-0.2, 0) is 4.74 Å². The third kappa shape index (κ3) is 3.43. The van der Waals surface area contributed by atoms with Crippen molar-refractivity contribution in [2.24, 2.45) is 5.92 Å². The smallest absolute Gasteiger partial charge is 0.251 e. The Morgan fingerprint density at radius 3 is 2.65 bits per heavy atom. The van der Waals surface area contributed by atoms with E-state index >= 15 is 0 Å². The van der Waals surface area contributed by atoms with E-state index in [1.807, 2.05) is 36.7 Å². The number of nitrogens with zero attached hydrogens (tertiary/aromatic N) is 2. The molecular formula is C17H21N3O3. The van der Waals surface area contributed by atoms with Gasteiger partial charge in [0.2, 0.25) is 0 Å². The number of ether oxygens (including phenoxy) is 1. The van der Waals surface area contributed by atoms with Gasteiger partial charge in [0.1, 0.15) is 0 Å². The number of carbonyl (C=O) groups excluding carboxylic acids is 1. The molecule has 1 aromatic carbocycles. The standard InChI is InChI=1S/C17H21N3O3/c1-11-7-12(2)20(19-11)15-5-3-13(4-6-15)17(22)18-8-14-9-23-10-16(14)21/h3-7,14,16,21H,8-10H2,1-2H3,(H,18,22)/t14-,16+/m1/s1. The molecule has 1 fully saturated rings. The number of aromatic nitrogens is 2. The van der Waals surface area contributed by atoms with Gasteiger partial charge in [0.05, 0.1) is 30.7 Å². The summed E-state index contributed by atoms with van der Waals surface area (Å²) in [5, 5.41) is 16.9. The Kier molecular flexibility index (Phi) is 4.45. The molecule has 2 atom stereocenters. The monoisotopic (exact) mass is 315 g/mol. The molecule has 1 aliphatic heterocycles. The summed E-state index contributed by atoms with van der Waals surface area (Å²) in [6, 6.07) is 9.32. The second kappa shape index (κ2) is 6.52. The van der Waals surface area contributed by atoms with Gasteiger partial charge in [0, 0.05) is 23.7 Å². The number of amides is 1. The summed E-state index contributed by atoms with van der Waals surface area (Å²) in [5.74, 6) is -0.183. The van der Waals surface area contributed by atoms with Crippen molar-refractivity contribution in [3.8, 4) is 5.69 Å². The fourth-order valence-electron chi connectivity index (χ4n) is 2.75. The topological polar surface area (TPSA) is 76.4 Å². The van der Waals surface area contributed by atoms with Gasteiger partial charge in [0.25, 0.3) is 5.91 Å². The molecule has 1 aromatic heterocycles. The molecular weight excluding hydrogens is 294 g/mol. The van der Waals surface area contributed by atoms with E-state index in [4.69, 9.17) is 4.74 Å². The second-order valence-corrected chi connectivity index (χ2v) is 5.96. The number of benzene rings is 1. The Bertz CT molecular complexity index is 694. The Hall–Kier alpha value is -2.18. The normalized spacial score (nSPS) is 20.7. The number of hydrogen-bond donors (Lipinski definition) is 2. The van der Waals surface area contributed by atoms with Gasteiger partial charge >= 0.3 is 0 Å². The third-order valence-corrected chi connectivity index (χ3v) is 4.07. The molecule has 6 nitrogen and oxygen atoms in total. The molecule has 0 unspecified atom stereocenters. The largest absolute Gasteiger partial charge is 0.390 e. The fraction of sp³-hybridized carbons (Fsp3) is 0.412. The highest BCUT2D eigenvalue weighted by Crippen LogP contribution is 2.14. The maximum atomic E-state index is 12.2. The maximum absolute atomic E-state index is 12.2. The molecule has 3 rings (SSSR count). The van der Waals surface area contributed by atoms with Crippen LogP contribution in [0.25, 0.3) is 5.69 Å². The van der Waals surface area contributed by atoms with Gasteiger partial charge in [-0.3, -0.25) is 4.79 Å². The number of aryl methyl sites for hydroxylation is 2. The van der Waals surface area contributed by atoms with Gasteiger partial charge in [-0.05, 0) is 44.2 Å². The molecule has 0 aliphatic carbocycles. The van der Waals surface area contributed by atoms with Crippen molar-refractivity contribution in [3.05, 3.63) is 47.3 Å².